The molecule has 2 aromatic heterocycles. The molecule has 3 aromatic rings. The summed E-state index contributed by atoms with van der Waals surface area (Å²) < 4.78 is 39.1. The van der Waals surface area contributed by atoms with Crippen molar-refractivity contribution in [1.82, 2.24) is 15.0 Å². The van der Waals surface area contributed by atoms with Crippen LogP contribution in [-0.4, -0.2) is 20.1 Å². The van der Waals surface area contributed by atoms with Crippen molar-refractivity contribution in [3.8, 4) is 5.75 Å². The van der Waals surface area contributed by atoms with Gasteiger partial charge in [0.05, 0.1) is 22.7 Å². The Morgan fingerprint density at radius 3 is 2.44 bits per heavy atom. The summed E-state index contributed by atoms with van der Waals surface area (Å²) in [6.07, 6.45) is -4.49. The molecule has 3 rings (SSSR count). The standard InChI is InChI=1S/C18H18F3N5O/c1-8(11-4-12(18(19,20)21)6-13(22)5-11)23-16-14-7-15(27)9(2)24-17(14)26-10(3)25-16/h4-8,27H,22H2,1-3H3,(H,23,24,25,26)/t8-/m1/s1. The van der Waals surface area contributed by atoms with E-state index in [9.17, 15) is 18.3 Å². The summed E-state index contributed by atoms with van der Waals surface area (Å²) in [5.41, 5.74) is 6.01. The van der Waals surface area contributed by atoms with Crippen molar-refractivity contribution in [2.75, 3.05) is 11.1 Å². The number of alkyl halides is 3. The Hall–Kier alpha value is -3.10. The van der Waals surface area contributed by atoms with Crippen LogP contribution in [0.4, 0.5) is 24.7 Å². The average Bonchev–Trinajstić information content (AvgIpc) is 2.55. The highest BCUT2D eigenvalue weighted by Crippen LogP contribution is 2.34. The molecule has 0 amide bonds. The number of aromatic nitrogens is 3. The highest BCUT2D eigenvalue weighted by atomic mass is 19.4. The first kappa shape index (κ1) is 18.7. The third-order valence-corrected chi connectivity index (χ3v) is 4.12. The van der Waals surface area contributed by atoms with Crippen molar-refractivity contribution < 1.29 is 18.3 Å². The van der Waals surface area contributed by atoms with Crippen molar-refractivity contribution in [3.63, 3.8) is 0 Å². The van der Waals surface area contributed by atoms with Gasteiger partial charge in [-0.3, -0.25) is 0 Å². The number of hydrogen-bond donors (Lipinski definition) is 3. The van der Waals surface area contributed by atoms with Gasteiger partial charge in [0.25, 0.3) is 0 Å². The number of anilines is 2. The van der Waals surface area contributed by atoms with Gasteiger partial charge in [0.15, 0.2) is 5.65 Å². The van der Waals surface area contributed by atoms with Gasteiger partial charge in [0.2, 0.25) is 0 Å². The number of benzene rings is 1. The van der Waals surface area contributed by atoms with Crippen LogP contribution in [0, 0.1) is 13.8 Å². The van der Waals surface area contributed by atoms with Crippen LogP contribution in [-0.2, 0) is 6.18 Å². The molecule has 0 spiro atoms. The molecule has 1 aromatic carbocycles. The summed E-state index contributed by atoms with van der Waals surface area (Å²) in [5, 5.41) is 13.5. The van der Waals surface area contributed by atoms with E-state index < -0.39 is 17.8 Å². The molecule has 142 valence electrons. The summed E-state index contributed by atoms with van der Waals surface area (Å²) >= 11 is 0. The van der Waals surface area contributed by atoms with Gasteiger partial charge in [-0.05, 0) is 50.6 Å². The molecular weight excluding hydrogens is 359 g/mol. The molecule has 0 saturated carbocycles. The third kappa shape index (κ3) is 3.86. The van der Waals surface area contributed by atoms with Crippen LogP contribution < -0.4 is 11.1 Å². The molecule has 2 heterocycles. The van der Waals surface area contributed by atoms with E-state index in [1.807, 2.05) is 0 Å². The number of fused-ring (bicyclic) bond motifs is 1. The van der Waals surface area contributed by atoms with Crippen LogP contribution in [0.15, 0.2) is 24.3 Å². The van der Waals surface area contributed by atoms with Crippen molar-refractivity contribution in [3.05, 3.63) is 46.9 Å². The first-order valence-electron chi connectivity index (χ1n) is 8.13. The first-order valence-corrected chi connectivity index (χ1v) is 8.13. The lowest BCUT2D eigenvalue weighted by atomic mass is 10.0. The fourth-order valence-corrected chi connectivity index (χ4v) is 2.73. The predicted molar refractivity (Wildman–Crippen MR) is 96.4 cm³/mol. The Kier molecular flexibility index (Phi) is 4.54. The average molecular weight is 377 g/mol. The number of nitrogens with zero attached hydrogens (tertiary/aromatic N) is 3. The Balaban J connectivity index is 2.03. The van der Waals surface area contributed by atoms with Crippen molar-refractivity contribution in [2.45, 2.75) is 33.0 Å². The van der Waals surface area contributed by atoms with Gasteiger partial charge in [-0.15, -0.1) is 0 Å². The Morgan fingerprint density at radius 2 is 1.78 bits per heavy atom. The van der Waals surface area contributed by atoms with Crippen molar-refractivity contribution in [1.29, 1.82) is 0 Å². The lowest BCUT2D eigenvalue weighted by molar-refractivity contribution is -0.137. The number of rotatable bonds is 3. The monoisotopic (exact) mass is 377 g/mol. The molecule has 0 fully saturated rings. The second-order valence-electron chi connectivity index (χ2n) is 6.34. The number of nitrogens with one attached hydrogen (secondary N) is 1. The Bertz CT molecular complexity index is 1020. The molecule has 0 saturated heterocycles. The zero-order chi connectivity index (χ0) is 19.9. The quantitative estimate of drug-likeness (QED) is 0.594. The molecule has 0 aliphatic rings. The van der Waals surface area contributed by atoms with E-state index in [0.717, 1.165) is 12.1 Å². The molecular formula is C18H18F3N5O. The van der Waals surface area contributed by atoms with E-state index in [1.165, 1.54) is 12.1 Å². The molecule has 0 bridgehead atoms. The SMILES string of the molecule is Cc1nc(N[C@H](C)c2cc(N)cc(C(F)(F)F)c2)c2cc(O)c(C)nc2n1. The summed E-state index contributed by atoms with van der Waals surface area (Å²) in [5.74, 6) is 0.788. The zero-order valence-electron chi connectivity index (χ0n) is 14.9. The fourth-order valence-electron chi connectivity index (χ4n) is 2.73. The minimum absolute atomic E-state index is 0.0195. The van der Waals surface area contributed by atoms with E-state index in [-0.39, 0.29) is 11.4 Å². The normalized spacial score (nSPS) is 13.0. The summed E-state index contributed by atoms with van der Waals surface area (Å²) in [4.78, 5) is 12.8. The predicted octanol–water partition coefficient (Wildman–Crippen LogP) is 4.12. The van der Waals surface area contributed by atoms with Crippen molar-refractivity contribution >= 4 is 22.5 Å². The number of hydrogen-bond acceptors (Lipinski definition) is 6. The lowest BCUT2D eigenvalue weighted by Gasteiger charge is -2.19. The third-order valence-electron chi connectivity index (χ3n) is 4.12. The summed E-state index contributed by atoms with van der Waals surface area (Å²) in [7, 11) is 0. The molecule has 0 radical (unpaired) electrons. The van der Waals surface area contributed by atoms with E-state index in [0.29, 0.717) is 33.9 Å². The maximum absolute atomic E-state index is 13.0. The van der Waals surface area contributed by atoms with E-state index in [4.69, 9.17) is 5.73 Å². The Morgan fingerprint density at radius 1 is 1.07 bits per heavy atom. The largest absolute Gasteiger partial charge is 0.506 e. The van der Waals surface area contributed by atoms with Gasteiger partial charge in [-0.1, -0.05) is 0 Å². The highest BCUT2D eigenvalue weighted by Gasteiger charge is 2.31. The summed E-state index contributed by atoms with van der Waals surface area (Å²) in [6, 6.07) is 4.36. The molecule has 0 aliphatic heterocycles. The number of aromatic hydroxyl groups is 1. The smallest absolute Gasteiger partial charge is 0.416 e. The minimum Gasteiger partial charge on any atom is -0.506 e. The fraction of sp³-hybridized carbons (Fsp3) is 0.278. The van der Waals surface area contributed by atoms with E-state index >= 15 is 0 Å². The topological polar surface area (TPSA) is 97.0 Å². The molecule has 1 atom stereocenters. The second-order valence-corrected chi connectivity index (χ2v) is 6.34. The number of nitrogen functional groups attached to an aromatic ring is 1. The highest BCUT2D eigenvalue weighted by molar-refractivity contribution is 5.88. The van der Waals surface area contributed by atoms with Crippen LogP contribution in [0.2, 0.25) is 0 Å². The first-order chi connectivity index (χ1) is 12.5. The van der Waals surface area contributed by atoms with E-state index in [2.05, 4.69) is 20.3 Å². The molecule has 0 unspecified atom stereocenters. The van der Waals surface area contributed by atoms with E-state index in [1.54, 1.807) is 20.8 Å². The molecule has 0 aliphatic carbocycles. The maximum Gasteiger partial charge on any atom is 0.416 e. The van der Waals surface area contributed by atoms with Gasteiger partial charge < -0.3 is 16.2 Å². The Labute approximate surface area is 153 Å². The summed E-state index contributed by atoms with van der Waals surface area (Å²) in [6.45, 7) is 5.02. The second kappa shape index (κ2) is 6.57. The lowest BCUT2D eigenvalue weighted by Crippen LogP contribution is -2.13. The number of halogens is 3. The molecule has 27 heavy (non-hydrogen) atoms. The van der Waals surface area contributed by atoms with Crippen molar-refractivity contribution in [2.24, 2.45) is 0 Å². The number of pyridine rings is 1. The molecule has 4 N–H and O–H groups in total. The van der Waals surface area contributed by atoms with Gasteiger partial charge in [-0.25, -0.2) is 15.0 Å². The van der Waals surface area contributed by atoms with Gasteiger partial charge in [-0.2, -0.15) is 13.2 Å². The van der Waals surface area contributed by atoms with Gasteiger partial charge in [0, 0.05) is 5.69 Å². The van der Waals surface area contributed by atoms with Crippen LogP contribution in [0.5, 0.6) is 5.75 Å². The van der Waals surface area contributed by atoms with Gasteiger partial charge >= 0.3 is 6.18 Å². The minimum atomic E-state index is -4.49. The molecule has 6 nitrogen and oxygen atoms in total. The van der Waals surface area contributed by atoms with Gasteiger partial charge in [0.1, 0.15) is 17.4 Å². The number of aryl methyl sites for hydroxylation is 2. The van der Waals surface area contributed by atoms with Crippen LogP contribution in [0.25, 0.3) is 11.0 Å². The van der Waals surface area contributed by atoms with Crippen LogP contribution >= 0.6 is 0 Å². The van der Waals surface area contributed by atoms with Crippen LogP contribution in [0.1, 0.15) is 35.6 Å². The zero-order valence-corrected chi connectivity index (χ0v) is 14.9. The number of nitrogens with two attached hydrogens (primary N) is 1. The maximum atomic E-state index is 13.0. The molecule has 9 heteroatoms. The van der Waals surface area contributed by atoms with Crippen LogP contribution in [0.3, 0.4) is 0 Å².